The average molecular weight is 326 g/mol. The van der Waals surface area contributed by atoms with E-state index in [1.54, 1.807) is 0 Å². The third kappa shape index (κ3) is 3.41. The summed E-state index contributed by atoms with van der Waals surface area (Å²) in [6.07, 6.45) is 7.99. The fourth-order valence-corrected chi connectivity index (χ4v) is 4.17. The molecule has 0 saturated carbocycles. The molecular formula is C21H30N2O. The number of carbonyl (C=O) groups is 1. The number of benzene rings is 1. The molecule has 3 heteroatoms. The predicted octanol–water partition coefficient (Wildman–Crippen LogP) is 4.30. The monoisotopic (exact) mass is 326 g/mol. The molecule has 2 aliphatic rings. The Morgan fingerprint density at radius 1 is 1.21 bits per heavy atom. The van der Waals surface area contributed by atoms with Gasteiger partial charge in [-0.1, -0.05) is 30.5 Å². The summed E-state index contributed by atoms with van der Waals surface area (Å²) in [7, 11) is 2.22. The lowest BCUT2D eigenvalue weighted by Gasteiger charge is -2.35. The molecule has 1 aromatic carbocycles. The van der Waals surface area contributed by atoms with Crippen LogP contribution in [0, 0.1) is 13.8 Å². The van der Waals surface area contributed by atoms with E-state index in [0.717, 1.165) is 42.5 Å². The Labute approximate surface area is 146 Å². The van der Waals surface area contributed by atoms with Crippen LogP contribution in [0.1, 0.15) is 60.5 Å². The van der Waals surface area contributed by atoms with Gasteiger partial charge in [0.15, 0.2) is 0 Å². The van der Waals surface area contributed by atoms with Crippen LogP contribution in [-0.4, -0.2) is 41.4 Å². The van der Waals surface area contributed by atoms with Crippen LogP contribution in [0.4, 0.5) is 0 Å². The highest BCUT2D eigenvalue weighted by Crippen LogP contribution is 2.35. The number of fused-ring (bicyclic) bond motifs is 2. The third-order valence-electron chi connectivity index (χ3n) is 5.52. The number of amides is 1. The maximum absolute atomic E-state index is 13.2. The molecule has 2 bridgehead atoms. The fourth-order valence-electron chi connectivity index (χ4n) is 4.17. The van der Waals surface area contributed by atoms with Crippen molar-refractivity contribution in [3.8, 4) is 0 Å². The van der Waals surface area contributed by atoms with Crippen molar-refractivity contribution in [2.75, 3.05) is 13.6 Å². The molecule has 3 nitrogen and oxygen atoms in total. The van der Waals surface area contributed by atoms with Crippen LogP contribution < -0.4 is 0 Å². The first-order valence-electron chi connectivity index (χ1n) is 9.32. The quantitative estimate of drug-likeness (QED) is 0.805. The lowest BCUT2D eigenvalue weighted by Crippen LogP contribution is -2.41. The zero-order chi connectivity index (χ0) is 17.3. The summed E-state index contributed by atoms with van der Waals surface area (Å²) in [5, 5.41) is 0. The SMILES string of the molecule is CCCCN(C(=O)c1cc(C)cc(C)c1)C1=C[C@@H]2CC[C@@H](C1)N2C. The predicted molar refractivity (Wildman–Crippen MR) is 99.1 cm³/mol. The Morgan fingerprint density at radius 2 is 1.92 bits per heavy atom. The first-order chi connectivity index (χ1) is 11.5. The molecule has 24 heavy (non-hydrogen) atoms. The van der Waals surface area contributed by atoms with Gasteiger partial charge in [-0.05, 0) is 58.4 Å². The molecule has 2 atom stereocenters. The van der Waals surface area contributed by atoms with Crippen LogP contribution in [0.15, 0.2) is 30.0 Å². The first-order valence-corrected chi connectivity index (χ1v) is 9.32. The Bertz CT molecular complexity index is 629. The van der Waals surface area contributed by atoms with Crippen LogP contribution in [0.5, 0.6) is 0 Å². The lowest BCUT2D eigenvalue weighted by atomic mass is 10.0. The summed E-state index contributed by atoms with van der Waals surface area (Å²) < 4.78 is 0. The molecule has 0 aliphatic carbocycles. The molecule has 130 valence electrons. The van der Waals surface area contributed by atoms with Gasteiger partial charge in [-0.25, -0.2) is 0 Å². The van der Waals surface area contributed by atoms with Crippen LogP contribution in [-0.2, 0) is 0 Å². The van der Waals surface area contributed by atoms with E-state index in [9.17, 15) is 4.79 Å². The standard InChI is InChI=1S/C21H30N2O/c1-5-6-9-23(20-13-18-7-8-19(14-20)22(18)4)21(24)17-11-15(2)10-16(3)12-17/h10-13,18-19H,5-9,14H2,1-4H3/t18-,19-/m0/s1. The summed E-state index contributed by atoms with van der Waals surface area (Å²) in [5.74, 6) is 0.172. The summed E-state index contributed by atoms with van der Waals surface area (Å²) >= 11 is 0. The maximum atomic E-state index is 13.2. The molecule has 1 amide bonds. The normalized spacial score (nSPS) is 23.2. The molecule has 1 saturated heterocycles. The van der Waals surface area contributed by atoms with Gasteiger partial charge in [0, 0.05) is 36.3 Å². The van der Waals surface area contributed by atoms with Gasteiger partial charge >= 0.3 is 0 Å². The summed E-state index contributed by atoms with van der Waals surface area (Å²) in [4.78, 5) is 17.8. The molecule has 0 aromatic heterocycles. The van der Waals surface area contributed by atoms with Gasteiger partial charge in [0.05, 0.1) is 0 Å². The number of nitrogens with zero attached hydrogens (tertiary/aromatic N) is 2. The van der Waals surface area contributed by atoms with Crippen LogP contribution in [0.3, 0.4) is 0 Å². The van der Waals surface area contributed by atoms with E-state index in [1.165, 1.54) is 18.5 Å². The zero-order valence-electron chi connectivity index (χ0n) is 15.5. The number of rotatable bonds is 5. The van der Waals surface area contributed by atoms with Crippen LogP contribution in [0.25, 0.3) is 0 Å². The zero-order valence-corrected chi connectivity index (χ0v) is 15.5. The van der Waals surface area contributed by atoms with Gasteiger partial charge < -0.3 is 4.90 Å². The molecule has 3 rings (SSSR count). The number of unbranched alkanes of at least 4 members (excludes halogenated alkanes) is 1. The molecule has 2 heterocycles. The number of carbonyl (C=O) groups excluding carboxylic acids is 1. The number of hydrogen-bond acceptors (Lipinski definition) is 2. The second-order valence-corrected chi connectivity index (χ2v) is 7.51. The van der Waals surface area contributed by atoms with Gasteiger partial charge in [0.2, 0.25) is 0 Å². The molecule has 2 aliphatic heterocycles. The Hall–Kier alpha value is -1.61. The van der Waals surface area contributed by atoms with Crippen molar-refractivity contribution in [2.24, 2.45) is 0 Å². The maximum Gasteiger partial charge on any atom is 0.258 e. The third-order valence-corrected chi connectivity index (χ3v) is 5.52. The van der Waals surface area contributed by atoms with Gasteiger partial charge in [0.1, 0.15) is 0 Å². The molecule has 1 fully saturated rings. The first kappa shape index (κ1) is 17.2. The van der Waals surface area contributed by atoms with E-state index in [2.05, 4.69) is 49.8 Å². The van der Waals surface area contributed by atoms with Crippen molar-refractivity contribution in [3.63, 3.8) is 0 Å². The van der Waals surface area contributed by atoms with Crippen LogP contribution in [0.2, 0.25) is 0 Å². The van der Waals surface area contributed by atoms with Crippen molar-refractivity contribution in [1.82, 2.24) is 9.80 Å². The summed E-state index contributed by atoms with van der Waals surface area (Å²) in [5.41, 5.74) is 4.39. The van der Waals surface area contributed by atoms with Gasteiger partial charge in [-0.15, -0.1) is 0 Å². The highest BCUT2D eigenvalue weighted by molar-refractivity contribution is 5.95. The van der Waals surface area contributed by atoms with Gasteiger partial charge in [-0.3, -0.25) is 9.69 Å². The number of aryl methyl sites for hydroxylation is 2. The second kappa shape index (κ2) is 7.10. The van der Waals surface area contributed by atoms with Crippen molar-refractivity contribution < 1.29 is 4.79 Å². The van der Waals surface area contributed by atoms with E-state index < -0.39 is 0 Å². The smallest absolute Gasteiger partial charge is 0.258 e. The van der Waals surface area contributed by atoms with E-state index in [1.807, 2.05) is 12.1 Å². The Morgan fingerprint density at radius 3 is 2.54 bits per heavy atom. The van der Waals surface area contributed by atoms with E-state index in [4.69, 9.17) is 0 Å². The van der Waals surface area contributed by atoms with Crippen LogP contribution >= 0.6 is 0 Å². The van der Waals surface area contributed by atoms with Gasteiger partial charge in [-0.2, -0.15) is 0 Å². The number of likely N-dealkylation sites (N-methyl/N-ethyl adjacent to an activating group) is 1. The molecule has 1 aromatic rings. The van der Waals surface area contributed by atoms with Gasteiger partial charge in [0.25, 0.3) is 5.91 Å². The minimum Gasteiger partial charge on any atom is -0.312 e. The average Bonchev–Trinajstić information content (AvgIpc) is 2.75. The van der Waals surface area contributed by atoms with E-state index >= 15 is 0 Å². The highest BCUT2D eigenvalue weighted by Gasteiger charge is 2.36. The van der Waals surface area contributed by atoms with E-state index in [-0.39, 0.29) is 5.91 Å². The lowest BCUT2D eigenvalue weighted by molar-refractivity contribution is 0.0784. The van der Waals surface area contributed by atoms with Crippen molar-refractivity contribution in [1.29, 1.82) is 0 Å². The van der Waals surface area contributed by atoms with Crippen molar-refractivity contribution in [3.05, 3.63) is 46.7 Å². The Balaban J connectivity index is 1.89. The Kier molecular flexibility index (Phi) is 5.09. The summed E-state index contributed by atoms with van der Waals surface area (Å²) in [6.45, 7) is 7.15. The summed E-state index contributed by atoms with van der Waals surface area (Å²) in [6, 6.07) is 7.29. The topological polar surface area (TPSA) is 23.6 Å². The molecule has 0 unspecified atom stereocenters. The molecule has 0 N–H and O–H groups in total. The van der Waals surface area contributed by atoms with Crippen molar-refractivity contribution in [2.45, 2.75) is 65.0 Å². The van der Waals surface area contributed by atoms with E-state index in [0.29, 0.717) is 12.1 Å². The molecular weight excluding hydrogens is 296 g/mol. The minimum atomic E-state index is 0.172. The number of hydrogen-bond donors (Lipinski definition) is 0. The molecule has 0 radical (unpaired) electrons. The minimum absolute atomic E-state index is 0.172. The van der Waals surface area contributed by atoms with Crippen molar-refractivity contribution >= 4 is 5.91 Å². The fraction of sp³-hybridized carbons (Fsp3) is 0.571. The second-order valence-electron chi connectivity index (χ2n) is 7.51. The largest absolute Gasteiger partial charge is 0.312 e. The highest BCUT2D eigenvalue weighted by atomic mass is 16.2. The molecule has 0 spiro atoms.